The first-order valence-corrected chi connectivity index (χ1v) is 27.5. The van der Waals surface area contributed by atoms with Gasteiger partial charge >= 0.3 is 19.1 Å². The molecule has 16 nitrogen and oxygen atoms in total. The molecule has 0 radical (unpaired) electrons. The minimum Gasteiger partial charge on any atom is -0.469 e. The topological polar surface area (TPSA) is 200 Å². The molecular weight excluding hydrogens is 1010 g/mol. The van der Waals surface area contributed by atoms with Crippen molar-refractivity contribution in [3.8, 4) is 0 Å². The zero-order chi connectivity index (χ0) is 55.7. The molecular formula is C60H92BClN4O12. The summed E-state index contributed by atoms with van der Waals surface area (Å²) >= 11 is 6.08. The van der Waals surface area contributed by atoms with E-state index in [1.807, 2.05) is 128 Å². The average Bonchev–Trinajstić information content (AvgIpc) is 3.96. The van der Waals surface area contributed by atoms with Gasteiger partial charge in [-0.1, -0.05) is 121 Å². The summed E-state index contributed by atoms with van der Waals surface area (Å²) in [4.78, 5) is 40.9. The highest BCUT2D eigenvalue weighted by molar-refractivity contribution is 6.51. The molecule has 0 spiro atoms. The number of aromatic nitrogens is 4. The van der Waals surface area contributed by atoms with E-state index in [1.54, 1.807) is 0 Å². The zero-order valence-electron chi connectivity index (χ0n) is 47.0. The summed E-state index contributed by atoms with van der Waals surface area (Å²) < 4.78 is 45.5. The number of para-hydroxylation sites is 4. The highest BCUT2D eigenvalue weighted by atomic mass is 35.5. The number of benzene rings is 2. The minimum absolute atomic E-state index is 0. The van der Waals surface area contributed by atoms with Crippen molar-refractivity contribution in [3.05, 3.63) is 88.9 Å². The quantitative estimate of drug-likeness (QED) is 0.0427. The Morgan fingerprint density at radius 2 is 1.03 bits per heavy atom. The molecule has 2 aromatic carbocycles. The normalized spacial score (nSPS) is 21.5. The van der Waals surface area contributed by atoms with Gasteiger partial charge in [0.05, 0.1) is 83.3 Å². The van der Waals surface area contributed by atoms with Crippen molar-refractivity contribution in [2.45, 2.75) is 233 Å². The highest BCUT2D eigenvalue weighted by Gasteiger charge is 2.50. The second-order valence-corrected chi connectivity index (χ2v) is 21.8. The summed E-state index contributed by atoms with van der Waals surface area (Å²) in [5.41, 5.74) is 4.05. The lowest BCUT2D eigenvalue weighted by molar-refractivity contribution is -0.145. The van der Waals surface area contributed by atoms with Gasteiger partial charge in [0, 0.05) is 12.8 Å². The van der Waals surface area contributed by atoms with Gasteiger partial charge in [-0.2, -0.15) is 0 Å². The fraction of sp³-hybridized carbons (Fsp3) is 0.633. The summed E-state index contributed by atoms with van der Waals surface area (Å²) in [5.74, 6) is 0.0821. The van der Waals surface area contributed by atoms with Crippen LogP contribution in [-0.4, -0.2) is 111 Å². The number of carbonyl (C=O) groups excluding carboxylic acids is 2. The Hall–Kier alpha value is -4.43. The van der Waals surface area contributed by atoms with Crippen LogP contribution >= 0.6 is 11.6 Å². The van der Waals surface area contributed by atoms with Crippen LogP contribution in [0, 0.1) is 0 Å². The SMILES string of the molecule is C.C.CCCCC[C@@H](O)c1nc2ccccc2nc1/C=C/[C@H]1OC(C)(C)O[C@H]1CCCC(=O)OC.CCCCC[C@@H](O)c1nc2ccccc2nc1Cl.COC(=O)CCC[C@@H]1OC(C)(C)O[C@@H]1/C=C/B1OC(C)(C)C(C)(C)O1. The van der Waals surface area contributed by atoms with E-state index < -0.39 is 30.9 Å². The molecule has 434 valence electrons. The average molecular weight is 1110 g/mol. The maximum atomic E-state index is 11.5. The molecule has 7 rings (SSSR count). The minimum atomic E-state index is -0.720. The predicted octanol–water partition coefficient (Wildman–Crippen LogP) is 13.3. The summed E-state index contributed by atoms with van der Waals surface area (Å²) in [6.07, 6.45) is 14.7. The number of fused-ring (bicyclic) bond motifs is 2. The number of rotatable bonds is 22. The molecule has 0 unspecified atom stereocenters. The van der Waals surface area contributed by atoms with Gasteiger partial charge in [-0.25, -0.2) is 19.9 Å². The van der Waals surface area contributed by atoms with E-state index in [1.165, 1.54) is 14.2 Å². The third-order valence-electron chi connectivity index (χ3n) is 13.8. The van der Waals surface area contributed by atoms with Crippen LogP contribution < -0.4 is 0 Å². The molecule has 2 aromatic heterocycles. The molecule has 3 fully saturated rings. The molecule has 3 aliphatic heterocycles. The Bertz CT molecular complexity index is 2530. The highest BCUT2D eigenvalue weighted by Crippen LogP contribution is 2.38. The zero-order valence-corrected chi connectivity index (χ0v) is 47.8. The molecule has 0 amide bonds. The van der Waals surface area contributed by atoms with Crippen molar-refractivity contribution in [2.24, 2.45) is 0 Å². The molecule has 4 aromatic rings. The van der Waals surface area contributed by atoms with Gasteiger partial charge in [-0.3, -0.25) is 9.59 Å². The Morgan fingerprint density at radius 1 is 0.615 bits per heavy atom. The number of ether oxygens (including phenoxy) is 6. The van der Waals surface area contributed by atoms with Gasteiger partial charge in [0.1, 0.15) is 17.9 Å². The van der Waals surface area contributed by atoms with Crippen molar-refractivity contribution in [2.75, 3.05) is 14.2 Å². The maximum absolute atomic E-state index is 11.5. The molecule has 5 heterocycles. The number of aliphatic hydroxyl groups excluding tert-OH is 2. The second kappa shape index (κ2) is 31.5. The number of methoxy groups -OCH3 is 2. The summed E-state index contributed by atoms with van der Waals surface area (Å²) in [7, 11) is 2.38. The molecule has 78 heavy (non-hydrogen) atoms. The molecule has 2 N–H and O–H groups in total. The lowest BCUT2D eigenvalue weighted by Crippen LogP contribution is -2.41. The number of nitrogens with zero attached hydrogens (tertiary/aromatic N) is 4. The standard InChI is InChI=1S/C26H36N2O5.C18H31BO6.C14H17ClN2O.2CH4/c1-5-6-7-13-21(29)25-20(27-18-11-8-9-12-19(18)28-25)16-17-23-22(32-26(2,3)33-23)14-10-15-24(30)31-4;1-16(2)17(3,4)25-19(24-16)12-11-14-13(22-18(5,6)23-14)9-8-10-15(20)21-7;1-2-3-4-9-12(18)13-14(15)17-11-8-6-5-7-10(11)16-13;;/h8-9,11-12,16-17,21-23,29H,5-7,10,13-15H2,1-4H3;11-14H,8-10H2,1-7H3;5-8,12,18H,2-4,9H2,1H3;2*1H4/b17-16+;12-11+;;;/t21-,22+,23-;13-,14+;12-;;/m101../s1. The van der Waals surface area contributed by atoms with E-state index in [9.17, 15) is 19.8 Å². The van der Waals surface area contributed by atoms with Gasteiger partial charge in [0.25, 0.3) is 0 Å². The number of esters is 2. The lowest BCUT2D eigenvalue weighted by atomic mass is 9.88. The fourth-order valence-electron chi connectivity index (χ4n) is 9.00. The van der Waals surface area contributed by atoms with Gasteiger partial charge in [-0.05, 0) is 124 Å². The predicted molar refractivity (Wildman–Crippen MR) is 309 cm³/mol. The molecule has 0 aliphatic carbocycles. The van der Waals surface area contributed by atoms with Crippen LogP contribution in [0.15, 0.2) is 66.7 Å². The Morgan fingerprint density at radius 3 is 1.47 bits per heavy atom. The van der Waals surface area contributed by atoms with E-state index in [2.05, 4.69) is 28.6 Å². The van der Waals surface area contributed by atoms with Crippen molar-refractivity contribution in [3.63, 3.8) is 0 Å². The molecule has 18 heteroatoms. The number of unbranched alkanes of at least 4 members (excludes halogenated alkanes) is 4. The van der Waals surface area contributed by atoms with Crippen molar-refractivity contribution >= 4 is 58.8 Å². The largest absolute Gasteiger partial charge is 0.486 e. The van der Waals surface area contributed by atoms with Crippen LogP contribution in [0.4, 0.5) is 0 Å². The van der Waals surface area contributed by atoms with E-state index in [0.717, 1.165) is 67.0 Å². The van der Waals surface area contributed by atoms with Gasteiger partial charge in [-0.15, -0.1) is 0 Å². The summed E-state index contributed by atoms with van der Waals surface area (Å²) in [5, 5.41) is 21.3. The third-order valence-corrected chi connectivity index (χ3v) is 14.1. The number of hydrogen-bond donors (Lipinski definition) is 2. The Labute approximate surface area is 470 Å². The van der Waals surface area contributed by atoms with Crippen LogP contribution in [0.25, 0.3) is 28.1 Å². The number of hydrogen-bond acceptors (Lipinski definition) is 16. The van der Waals surface area contributed by atoms with Crippen molar-refractivity contribution in [1.29, 1.82) is 0 Å². The first-order chi connectivity index (χ1) is 36.0. The van der Waals surface area contributed by atoms with Crippen molar-refractivity contribution < 1.29 is 57.5 Å². The molecule has 6 atom stereocenters. The first kappa shape index (κ1) is 67.8. The number of aliphatic hydroxyl groups is 2. The Kier molecular flexibility index (Phi) is 27.4. The van der Waals surface area contributed by atoms with E-state index in [4.69, 9.17) is 54.6 Å². The summed E-state index contributed by atoms with van der Waals surface area (Å²) in [6, 6.07) is 15.2. The molecule has 0 saturated carbocycles. The van der Waals surface area contributed by atoms with Crippen LogP contribution in [0.5, 0.6) is 0 Å². The smallest absolute Gasteiger partial charge is 0.469 e. The van der Waals surface area contributed by atoms with Gasteiger partial charge < -0.3 is 47.9 Å². The maximum Gasteiger partial charge on any atom is 0.486 e. The van der Waals surface area contributed by atoms with E-state index in [0.29, 0.717) is 67.2 Å². The van der Waals surface area contributed by atoms with E-state index in [-0.39, 0.29) is 62.4 Å². The van der Waals surface area contributed by atoms with Crippen LogP contribution in [-0.2, 0) is 47.3 Å². The van der Waals surface area contributed by atoms with Gasteiger partial charge in [0.2, 0.25) is 0 Å². The van der Waals surface area contributed by atoms with E-state index >= 15 is 0 Å². The number of halogens is 1. The monoisotopic (exact) mass is 1110 g/mol. The van der Waals surface area contributed by atoms with Crippen LogP contribution in [0.2, 0.25) is 5.15 Å². The first-order valence-electron chi connectivity index (χ1n) is 27.1. The lowest BCUT2D eigenvalue weighted by Gasteiger charge is -2.32. The molecule has 3 aliphatic rings. The Balaban J connectivity index is 0.000000317. The fourth-order valence-corrected chi connectivity index (χ4v) is 9.26. The number of carbonyl (C=O) groups is 2. The summed E-state index contributed by atoms with van der Waals surface area (Å²) in [6.45, 7) is 19.9. The van der Waals surface area contributed by atoms with Crippen molar-refractivity contribution in [1.82, 2.24) is 19.9 Å². The third kappa shape index (κ3) is 20.3. The van der Waals surface area contributed by atoms with Crippen LogP contribution in [0.1, 0.15) is 203 Å². The molecule has 3 saturated heterocycles. The molecule has 0 bridgehead atoms. The van der Waals surface area contributed by atoms with Crippen LogP contribution in [0.3, 0.4) is 0 Å². The van der Waals surface area contributed by atoms with Gasteiger partial charge in [0.15, 0.2) is 16.7 Å². The second-order valence-electron chi connectivity index (χ2n) is 21.5.